The predicted molar refractivity (Wildman–Crippen MR) is 66.5 cm³/mol. The van der Waals surface area contributed by atoms with E-state index in [-0.39, 0.29) is 16.9 Å². The summed E-state index contributed by atoms with van der Waals surface area (Å²) in [6.45, 7) is 0. The second-order valence-electron chi connectivity index (χ2n) is 3.69. The Morgan fingerprint density at radius 3 is 2.42 bits per heavy atom. The Labute approximate surface area is 108 Å². The summed E-state index contributed by atoms with van der Waals surface area (Å²) in [6.07, 6.45) is 2.81. The van der Waals surface area contributed by atoms with Crippen molar-refractivity contribution in [2.75, 3.05) is 5.73 Å². The van der Waals surface area contributed by atoms with Crippen LogP contribution in [0.5, 0.6) is 5.75 Å². The standard InChI is InChI=1S/C13H10N2O4/c14-9-1-2-10(11(16)7-9)13(18)19-12(17)8-3-5-15-6-4-8/h1-7,16H,14H2. The first-order valence-corrected chi connectivity index (χ1v) is 5.33. The van der Waals surface area contributed by atoms with Gasteiger partial charge in [0.1, 0.15) is 11.3 Å². The van der Waals surface area contributed by atoms with E-state index in [2.05, 4.69) is 9.72 Å². The van der Waals surface area contributed by atoms with E-state index < -0.39 is 11.9 Å². The molecule has 0 aliphatic carbocycles. The number of hydrogen-bond donors (Lipinski definition) is 2. The zero-order valence-corrected chi connectivity index (χ0v) is 9.74. The number of phenols is 1. The lowest BCUT2D eigenvalue weighted by Crippen LogP contribution is -2.13. The number of aromatic nitrogens is 1. The van der Waals surface area contributed by atoms with Gasteiger partial charge in [0.15, 0.2) is 0 Å². The van der Waals surface area contributed by atoms with Gasteiger partial charge in [-0.2, -0.15) is 0 Å². The van der Waals surface area contributed by atoms with E-state index in [1.54, 1.807) is 0 Å². The number of ether oxygens (including phenoxy) is 1. The van der Waals surface area contributed by atoms with E-state index >= 15 is 0 Å². The predicted octanol–water partition coefficient (Wildman–Crippen LogP) is 1.37. The molecule has 1 aromatic heterocycles. The molecule has 3 N–H and O–H groups in total. The van der Waals surface area contributed by atoms with Gasteiger partial charge in [0.2, 0.25) is 0 Å². The molecule has 1 aromatic carbocycles. The molecule has 0 atom stereocenters. The highest BCUT2D eigenvalue weighted by molar-refractivity contribution is 6.03. The van der Waals surface area contributed by atoms with Crippen LogP contribution in [-0.4, -0.2) is 22.0 Å². The fourth-order valence-electron chi connectivity index (χ4n) is 1.41. The van der Waals surface area contributed by atoms with Gasteiger partial charge in [0.25, 0.3) is 0 Å². The van der Waals surface area contributed by atoms with Crippen molar-refractivity contribution in [1.29, 1.82) is 0 Å². The second kappa shape index (κ2) is 5.18. The van der Waals surface area contributed by atoms with Crippen molar-refractivity contribution in [2.45, 2.75) is 0 Å². The van der Waals surface area contributed by atoms with E-state index in [9.17, 15) is 14.7 Å². The summed E-state index contributed by atoms with van der Waals surface area (Å²) in [5.74, 6) is -2.10. The summed E-state index contributed by atoms with van der Waals surface area (Å²) in [7, 11) is 0. The number of phenolic OH excluding ortho intramolecular Hbond substituents is 1. The largest absolute Gasteiger partial charge is 0.507 e. The molecule has 2 rings (SSSR count). The quantitative estimate of drug-likeness (QED) is 0.479. The van der Waals surface area contributed by atoms with Crippen LogP contribution in [0.25, 0.3) is 0 Å². The number of nitrogen functional groups attached to an aromatic ring is 1. The molecule has 19 heavy (non-hydrogen) atoms. The van der Waals surface area contributed by atoms with Crippen LogP contribution >= 0.6 is 0 Å². The molecule has 0 amide bonds. The van der Waals surface area contributed by atoms with Crippen LogP contribution in [0.15, 0.2) is 42.7 Å². The molecule has 0 spiro atoms. The van der Waals surface area contributed by atoms with Gasteiger partial charge in [-0.1, -0.05) is 0 Å². The molecule has 0 aliphatic heterocycles. The lowest BCUT2D eigenvalue weighted by atomic mass is 10.2. The second-order valence-corrected chi connectivity index (χ2v) is 3.69. The number of anilines is 1. The number of rotatable bonds is 2. The zero-order valence-electron chi connectivity index (χ0n) is 9.74. The maximum atomic E-state index is 11.7. The monoisotopic (exact) mass is 258 g/mol. The first-order chi connectivity index (χ1) is 9.08. The van der Waals surface area contributed by atoms with E-state index in [0.29, 0.717) is 5.69 Å². The van der Waals surface area contributed by atoms with Crippen molar-refractivity contribution in [3.05, 3.63) is 53.9 Å². The van der Waals surface area contributed by atoms with Gasteiger partial charge in [-0.15, -0.1) is 0 Å². The maximum Gasteiger partial charge on any atom is 0.349 e. The molecule has 0 radical (unpaired) electrons. The summed E-state index contributed by atoms with van der Waals surface area (Å²) in [5.41, 5.74) is 5.80. The third-order valence-electron chi connectivity index (χ3n) is 2.34. The highest BCUT2D eigenvalue weighted by Gasteiger charge is 2.17. The summed E-state index contributed by atoms with van der Waals surface area (Å²) in [4.78, 5) is 27.1. The zero-order chi connectivity index (χ0) is 13.8. The third-order valence-corrected chi connectivity index (χ3v) is 2.34. The Morgan fingerprint density at radius 1 is 1.11 bits per heavy atom. The highest BCUT2D eigenvalue weighted by Crippen LogP contribution is 2.21. The van der Waals surface area contributed by atoms with Gasteiger partial charge >= 0.3 is 11.9 Å². The summed E-state index contributed by atoms with van der Waals surface area (Å²) in [5, 5.41) is 9.54. The lowest BCUT2D eigenvalue weighted by Gasteiger charge is -2.05. The minimum atomic E-state index is -0.945. The Morgan fingerprint density at radius 2 is 1.79 bits per heavy atom. The Hall–Kier alpha value is -2.89. The summed E-state index contributed by atoms with van der Waals surface area (Å²) in [6, 6.07) is 6.74. The first-order valence-electron chi connectivity index (χ1n) is 5.33. The van der Waals surface area contributed by atoms with Crippen molar-refractivity contribution in [3.8, 4) is 5.75 Å². The van der Waals surface area contributed by atoms with Gasteiger partial charge in [0.05, 0.1) is 5.56 Å². The van der Waals surface area contributed by atoms with Gasteiger partial charge in [-0.05, 0) is 24.3 Å². The van der Waals surface area contributed by atoms with Gasteiger partial charge < -0.3 is 15.6 Å². The molecular formula is C13H10N2O4. The van der Waals surface area contributed by atoms with Crippen LogP contribution in [0.3, 0.4) is 0 Å². The van der Waals surface area contributed by atoms with Crippen LogP contribution in [0, 0.1) is 0 Å². The molecule has 6 nitrogen and oxygen atoms in total. The fourth-order valence-corrected chi connectivity index (χ4v) is 1.41. The van der Waals surface area contributed by atoms with Crippen LogP contribution in [0.2, 0.25) is 0 Å². The van der Waals surface area contributed by atoms with Crippen molar-refractivity contribution in [3.63, 3.8) is 0 Å². The number of nitrogens with two attached hydrogens (primary N) is 1. The van der Waals surface area contributed by atoms with Gasteiger partial charge in [0, 0.05) is 24.1 Å². The van der Waals surface area contributed by atoms with E-state index in [4.69, 9.17) is 5.73 Å². The molecule has 6 heteroatoms. The Bertz CT molecular complexity index is 626. The number of carbonyl (C=O) groups excluding carboxylic acids is 2. The average molecular weight is 258 g/mol. The molecular weight excluding hydrogens is 248 g/mol. The summed E-state index contributed by atoms with van der Waals surface area (Å²) >= 11 is 0. The van der Waals surface area contributed by atoms with Crippen molar-refractivity contribution in [2.24, 2.45) is 0 Å². The molecule has 0 fully saturated rings. The number of carbonyl (C=O) groups is 2. The topological polar surface area (TPSA) is 103 Å². The van der Waals surface area contributed by atoms with Crippen LogP contribution in [0.4, 0.5) is 5.69 Å². The maximum absolute atomic E-state index is 11.7. The van der Waals surface area contributed by atoms with Crippen LogP contribution in [0.1, 0.15) is 20.7 Å². The number of hydrogen-bond acceptors (Lipinski definition) is 6. The van der Waals surface area contributed by atoms with E-state index in [1.165, 1.54) is 42.7 Å². The lowest BCUT2D eigenvalue weighted by molar-refractivity contribution is 0.0396. The molecule has 0 aliphatic rings. The molecule has 1 heterocycles. The number of esters is 2. The van der Waals surface area contributed by atoms with Crippen molar-refractivity contribution < 1.29 is 19.4 Å². The van der Waals surface area contributed by atoms with E-state index in [0.717, 1.165) is 0 Å². The van der Waals surface area contributed by atoms with E-state index in [1.807, 2.05) is 0 Å². The SMILES string of the molecule is Nc1ccc(C(=O)OC(=O)c2ccncc2)c(O)c1. The van der Waals surface area contributed by atoms with Crippen molar-refractivity contribution in [1.82, 2.24) is 4.98 Å². The average Bonchev–Trinajstić information content (AvgIpc) is 2.39. The first kappa shape index (κ1) is 12.6. The Kier molecular flexibility index (Phi) is 3.42. The molecule has 0 bridgehead atoms. The minimum Gasteiger partial charge on any atom is -0.507 e. The minimum absolute atomic E-state index is 0.128. The fraction of sp³-hybridized carbons (Fsp3) is 0. The smallest absolute Gasteiger partial charge is 0.349 e. The molecule has 96 valence electrons. The molecule has 0 saturated heterocycles. The molecule has 2 aromatic rings. The van der Waals surface area contributed by atoms with Crippen LogP contribution < -0.4 is 5.73 Å². The number of nitrogens with zero attached hydrogens (tertiary/aromatic N) is 1. The normalized spacial score (nSPS) is 9.89. The molecule has 0 unspecified atom stereocenters. The highest BCUT2D eigenvalue weighted by atomic mass is 16.6. The number of pyridine rings is 1. The Balaban J connectivity index is 2.15. The summed E-state index contributed by atoms with van der Waals surface area (Å²) < 4.78 is 4.64. The molecule has 0 saturated carbocycles. The van der Waals surface area contributed by atoms with Gasteiger partial charge in [-0.25, -0.2) is 9.59 Å². The number of benzene rings is 1. The third kappa shape index (κ3) is 2.86. The van der Waals surface area contributed by atoms with Crippen LogP contribution in [-0.2, 0) is 4.74 Å². The van der Waals surface area contributed by atoms with Crippen molar-refractivity contribution >= 4 is 17.6 Å². The number of aromatic hydroxyl groups is 1. The van der Waals surface area contributed by atoms with Gasteiger partial charge in [-0.3, -0.25) is 4.98 Å².